The quantitative estimate of drug-likeness (QED) is 0.152. The molecule has 10 heteroatoms. The third kappa shape index (κ3) is 9.66. The molecule has 2 aliphatic rings. The number of carboxylic acids is 1. The van der Waals surface area contributed by atoms with Gasteiger partial charge in [-0.25, -0.2) is 0 Å². The van der Waals surface area contributed by atoms with E-state index in [4.69, 9.17) is 9.47 Å². The molecule has 0 radical (unpaired) electrons. The van der Waals surface area contributed by atoms with Crippen LogP contribution >= 0.6 is 0 Å². The zero-order valence-corrected chi connectivity index (χ0v) is 20.3. The summed E-state index contributed by atoms with van der Waals surface area (Å²) >= 11 is 0. The van der Waals surface area contributed by atoms with Crippen molar-refractivity contribution in [1.29, 1.82) is 0 Å². The SMILES string of the molecule is CC(O)C1CCC(CCCCCCCCCC(CC(=O)O)OC2OC(CO)C(O)C(O)C2O)N1. The number of carbonyl (C=O) groups is 1. The first-order valence-electron chi connectivity index (χ1n) is 12.8. The summed E-state index contributed by atoms with van der Waals surface area (Å²) in [7, 11) is 0. The van der Waals surface area contributed by atoms with Crippen LogP contribution in [0.15, 0.2) is 0 Å². The summed E-state index contributed by atoms with van der Waals surface area (Å²) in [5, 5.41) is 61.5. The van der Waals surface area contributed by atoms with Gasteiger partial charge >= 0.3 is 5.97 Å². The van der Waals surface area contributed by atoms with Gasteiger partial charge in [-0.1, -0.05) is 44.9 Å². The number of hydrogen-bond donors (Lipinski definition) is 7. The van der Waals surface area contributed by atoms with Crippen LogP contribution in [-0.2, 0) is 14.3 Å². The van der Waals surface area contributed by atoms with Crippen LogP contribution in [0.4, 0.5) is 0 Å². The summed E-state index contributed by atoms with van der Waals surface area (Å²) in [6.07, 6.45) is 2.97. The van der Waals surface area contributed by atoms with Crippen LogP contribution in [0.3, 0.4) is 0 Å². The van der Waals surface area contributed by atoms with Gasteiger partial charge < -0.3 is 45.4 Å². The van der Waals surface area contributed by atoms with Crippen molar-refractivity contribution >= 4 is 5.97 Å². The minimum absolute atomic E-state index is 0.236. The van der Waals surface area contributed by atoms with Gasteiger partial charge in [0.05, 0.1) is 25.2 Å². The van der Waals surface area contributed by atoms with Gasteiger partial charge in [0.25, 0.3) is 0 Å². The fourth-order valence-corrected chi connectivity index (χ4v) is 4.89. The van der Waals surface area contributed by atoms with E-state index in [-0.39, 0.29) is 18.6 Å². The first kappa shape index (κ1) is 29.4. The van der Waals surface area contributed by atoms with Gasteiger partial charge in [0.2, 0.25) is 0 Å². The second-order valence-corrected chi connectivity index (χ2v) is 9.89. The number of aliphatic carboxylic acids is 1. The van der Waals surface area contributed by atoms with Crippen molar-refractivity contribution in [2.45, 2.75) is 139 Å². The predicted octanol–water partition coefficient (Wildman–Crippen LogP) is 0.659. The van der Waals surface area contributed by atoms with E-state index in [2.05, 4.69) is 5.32 Å². The minimum atomic E-state index is -1.55. The Hall–Kier alpha value is -0.850. The molecule has 0 bridgehead atoms. The zero-order chi connectivity index (χ0) is 25.1. The van der Waals surface area contributed by atoms with Crippen molar-refractivity contribution < 1.29 is 44.9 Å². The Balaban J connectivity index is 1.59. The molecule has 0 aromatic rings. The maximum Gasteiger partial charge on any atom is 0.305 e. The number of aliphatic hydroxyl groups is 5. The normalized spacial score (nSPS) is 33.6. The van der Waals surface area contributed by atoms with Crippen LogP contribution in [0.25, 0.3) is 0 Å². The molecule has 2 saturated heterocycles. The monoisotopic (exact) mass is 491 g/mol. The average molecular weight is 492 g/mol. The van der Waals surface area contributed by atoms with Gasteiger partial charge in [-0.05, 0) is 32.6 Å². The molecule has 2 rings (SSSR count). The summed E-state index contributed by atoms with van der Waals surface area (Å²) in [6, 6.07) is 0.758. The molecule has 7 N–H and O–H groups in total. The highest BCUT2D eigenvalue weighted by Gasteiger charge is 2.44. The summed E-state index contributed by atoms with van der Waals surface area (Å²) in [5.41, 5.74) is 0. The Morgan fingerprint density at radius 1 is 1.00 bits per heavy atom. The Bertz CT molecular complexity index is 577. The van der Waals surface area contributed by atoms with Crippen LogP contribution in [0.1, 0.15) is 84.0 Å². The van der Waals surface area contributed by atoms with Crippen LogP contribution < -0.4 is 5.32 Å². The van der Waals surface area contributed by atoms with E-state index in [1.165, 1.54) is 12.8 Å². The molecular weight excluding hydrogens is 446 g/mol. The maximum atomic E-state index is 11.2. The van der Waals surface area contributed by atoms with Crippen LogP contribution in [0.2, 0.25) is 0 Å². The third-order valence-electron chi connectivity index (χ3n) is 7.01. The lowest BCUT2D eigenvalue weighted by molar-refractivity contribution is -0.311. The highest BCUT2D eigenvalue weighted by Crippen LogP contribution is 2.25. The van der Waals surface area contributed by atoms with Crippen LogP contribution in [0, 0.1) is 0 Å². The molecule has 0 amide bonds. The third-order valence-corrected chi connectivity index (χ3v) is 7.01. The summed E-state index contributed by atoms with van der Waals surface area (Å²) in [6.45, 7) is 1.28. The first-order valence-corrected chi connectivity index (χ1v) is 12.8. The van der Waals surface area contributed by atoms with E-state index in [0.29, 0.717) is 12.5 Å². The van der Waals surface area contributed by atoms with Gasteiger partial charge in [0.1, 0.15) is 24.4 Å². The smallest absolute Gasteiger partial charge is 0.305 e. The molecule has 2 heterocycles. The Morgan fingerprint density at radius 3 is 2.24 bits per heavy atom. The highest BCUT2D eigenvalue weighted by molar-refractivity contribution is 5.67. The fraction of sp³-hybridized carbons (Fsp3) is 0.958. The topological polar surface area (TPSA) is 169 Å². The maximum absolute atomic E-state index is 11.2. The predicted molar refractivity (Wildman–Crippen MR) is 124 cm³/mol. The van der Waals surface area contributed by atoms with E-state index in [1.54, 1.807) is 0 Å². The van der Waals surface area contributed by atoms with E-state index in [1.807, 2.05) is 6.92 Å². The lowest BCUT2D eigenvalue weighted by Gasteiger charge is -2.40. The van der Waals surface area contributed by atoms with Crippen LogP contribution in [0.5, 0.6) is 0 Å². The van der Waals surface area contributed by atoms with E-state index in [0.717, 1.165) is 51.4 Å². The molecule has 2 fully saturated rings. The Morgan fingerprint density at radius 2 is 1.65 bits per heavy atom. The van der Waals surface area contributed by atoms with E-state index < -0.39 is 49.4 Å². The van der Waals surface area contributed by atoms with Gasteiger partial charge in [-0.2, -0.15) is 0 Å². The number of carboxylic acid groups (broad SMARTS) is 1. The number of nitrogens with one attached hydrogen (secondary N) is 1. The molecule has 0 saturated carbocycles. The number of unbranched alkanes of at least 4 members (excludes halogenated alkanes) is 6. The molecule has 34 heavy (non-hydrogen) atoms. The van der Waals surface area contributed by atoms with Crippen molar-refractivity contribution in [2.75, 3.05) is 6.61 Å². The molecule has 0 aromatic heterocycles. The van der Waals surface area contributed by atoms with Gasteiger partial charge in [0.15, 0.2) is 6.29 Å². The largest absolute Gasteiger partial charge is 0.481 e. The second kappa shape index (κ2) is 15.3. The molecular formula is C24H45NO9. The number of aliphatic hydroxyl groups excluding tert-OH is 5. The van der Waals surface area contributed by atoms with Crippen LogP contribution in [-0.4, -0.2) is 98.2 Å². The summed E-state index contributed by atoms with van der Waals surface area (Å²) in [5.74, 6) is -1.04. The lowest BCUT2D eigenvalue weighted by Crippen LogP contribution is -2.59. The average Bonchev–Trinajstić information content (AvgIpc) is 3.27. The van der Waals surface area contributed by atoms with Gasteiger partial charge in [-0.15, -0.1) is 0 Å². The van der Waals surface area contributed by atoms with Crippen molar-refractivity contribution in [3.05, 3.63) is 0 Å². The fourth-order valence-electron chi connectivity index (χ4n) is 4.89. The summed E-state index contributed by atoms with van der Waals surface area (Å²) in [4.78, 5) is 11.2. The molecule has 10 nitrogen and oxygen atoms in total. The van der Waals surface area contributed by atoms with Gasteiger partial charge in [-0.3, -0.25) is 4.79 Å². The molecule has 0 aromatic carbocycles. The molecule has 0 aliphatic carbocycles. The molecule has 200 valence electrons. The minimum Gasteiger partial charge on any atom is -0.481 e. The van der Waals surface area contributed by atoms with Crippen molar-refractivity contribution in [1.82, 2.24) is 5.32 Å². The standard InChI is InChI=1S/C24H45NO9/c1-15(27)18-12-11-16(25-18)9-7-5-3-2-4-6-8-10-17(13-20(28)29)33-24-23(32)22(31)21(30)19(14-26)34-24/h15-19,21-27,30-32H,2-14H2,1H3,(H,28,29). The van der Waals surface area contributed by atoms with Gasteiger partial charge in [0, 0.05) is 12.1 Å². The Kier molecular flexibility index (Phi) is 13.2. The Labute approximate surface area is 202 Å². The molecule has 9 atom stereocenters. The van der Waals surface area contributed by atoms with Crippen molar-refractivity contribution in [2.24, 2.45) is 0 Å². The first-order chi connectivity index (χ1) is 16.2. The number of hydrogen-bond acceptors (Lipinski definition) is 9. The molecule has 9 unspecified atom stereocenters. The lowest BCUT2D eigenvalue weighted by atomic mass is 9.99. The number of ether oxygens (including phenoxy) is 2. The molecule has 2 aliphatic heterocycles. The summed E-state index contributed by atoms with van der Waals surface area (Å²) < 4.78 is 11.0. The van der Waals surface area contributed by atoms with E-state index in [9.17, 15) is 35.4 Å². The highest BCUT2D eigenvalue weighted by atomic mass is 16.7. The van der Waals surface area contributed by atoms with Crippen molar-refractivity contribution in [3.8, 4) is 0 Å². The van der Waals surface area contributed by atoms with E-state index >= 15 is 0 Å². The number of rotatable bonds is 16. The zero-order valence-electron chi connectivity index (χ0n) is 20.3. The van der Waals surface area contributed by atoms with Crippen molar-refractivity contribution in [3.63, 3.8) is 0 Å². The second-order valence-electron chi connectivity index (χ2n) is 9.89. The molecule has 0 spiro atoms.